The molecule has 2 aliphatic heterocycles. The number of aromatic amines is 1. The highest BCUT2D eigenvalue weighted by Crippen LogP contribution is 2.61. The summed E-state index contributed by atoms with van der Waals surface area (Å²) in [6, 6.07) is 0.928. The maximum absolute atomic E-state index is 12.2. The van der Waals surface area contributed by atoms with E-state index in [1.165, 1.54) is 0 Å². The Morgan fingerprint density at radius 3 is 2.17 bits per heavy atom. The van der Waals surface area contributed by atoms with Crippen LogP contribution in [0.4, 0.5) is 0 Å². The molecule has 3 heterocycles. The molecule has 0 spiro atoms. The highest BCUT2D eigenvalue weighted by Gasteiger charge is 2.49. The van der Waals surface area contributed by atoms with Crippen molar-refractivity contribution in [2.45, 2.75) is 55.2 Å². The smallest absolute Gasteiger partial charge is 0.394 e. The Balaban J connectivity index is 1.61. The van der Waals surface area contributed by atoms with Gasteiger partial charge in [0, 0.05) is 12.3 Å². The van der Waals surface area contributed by atoms with E-state index >= 15 is 0 Å². The number of aromatic nitrogens is 2. The van der Waals surface area contributed by atoms with Crippen LogP contribution in [0.1, 0.15) is 6.23 Å². The molecule has 3 rings (SSSR count). The van der Waals surface area contributed by atoms with E-state index in [0.717, 1.165) is 16.8 Å². The van der Waals surface area contributed by atoms with Gasteiger partial charge in [-0.25, -0.2) is 13.9 Å². The first-order valence-electron chi connectivity index (χ1n) is 9.99. The number of phosphoric acid groups is 2. The van der Waals surface area contributed by atoms with Crippen LogP contribution in [-0.2, 0) is 32.0 Å². The number of nitrogens with one attached hydrogen (secondary N) is 1. The Morgan fingerprint density at radius 2 is 1.56 bits per heavy atom. The summed E-state index contributed by atoms with van der Waals surface area (Å²) in [5.41, 5.74) is -1.75. The Kier molecular flexibility index (Phi) is 9.05. The number of aliphatic hydroxyl groups is 6. The Hall–Kier alpha value is -1.38. The van der Waals surface area contributed by atoms with Crippen LogP contribution in [0.15, 0.2) is 21.9 Å². The summed E-state index contributed by atoms with van der Waals surface area (Å²) in [5, 5.41) is 58.6. The molecule has 0 amide bonds. The van der Waals surface area contributed by atoms with Gasteiger partial charge < -0.3 is 49.9 Å². The summed E-state index contributed by atoms with van der Waals surface area (Å²) in [5.74, 6) is 0. The first-order chi connectivity index (χ1) is 16.7. The summed E-state index contributed by atoms with van der Waals surface area (Å²) in [6.07, 6.45) is -15.4. The fourth-order valence-corrected chi connectivity index (χ4v) is 5.51. The van der Waals surface area contributed by atoms with E-state index in [9.17, 15) is 54.0 Å². The lowest BCUT2D eigenvalue weighted by molar-refractivity contribution is -0.280. The van der Waals surface area contributed by atoms with Crippen molar-refractivity contribution in [3.63, 3.8) is 0 Å². The van der Waals surface area contributed by atoms with E-state index in [0.29, 0.717) is 0 Å². The zero-order valence-electron chi connectivity index (χ0n) is 17.9. The van der Waals surface area contributed by atoms with E-state index < -0.39 is 95.4 Å². The molecule has 0 aromatic carbocycles. The number of H-pyrrole nitrogens is 1. The van der Waals surface area contributed by atoms with Crippen molar-refractivity contribution in [2.24, 2.45) is 0 Å². The molecule has 11 atom stereocenters. The highest BCUT2D eigenvalue weighted by molar-refractivity contribution is 7.61. The SMILES string of the molecule is O=c1ccn([C@@H]2O[C@H](COP(=O)(O)OP(=O)(O)O[C@H]3OC(CO)[C@H](O)[C@H](O)C3O)[C@H](O)C2O)c(=O)[nH]1. The van der Waals surface area contributed by atoms with Crippen LogP contribution in [0.2, 0.25) is 0 Å². The van der Waals surface area contributed by atoms with Crippen LogP contribution < -0.4 is 11.2 Å². The second-order valence-electron chi connectivity index (χ2n) is 7.68. The molecule has 2 saturated heterocycles. The number of phosphoric ester groups is 2. The largest absolute Gasteiger partial charge is 0.483 e. The number of hydrogen-bond acceptors (Lipinski definition) is 15. The lowest BCUT2D eigenvalue weighted by atomic mass is 10.00. The van der Waals surface area contributed by atoms with E-state index in [4.69, 9.17) is 14.6 Å². The Morgan fingerprint density at radius 1 is 0.917 bits per heavy atom. The second kappa shape index (κ2) is 11.2. The topological polar surface area (TPSA) is 297 Å². The van der Waals surface area contributed by atoms with Gasteiger partial charge in [0.1, 0.15) is 42.7 Å². The summed E-state index contributed by atoms with van der Waals surface area (Å²) >= 11 is 0. The number of hydrogen-bond donors (Lipinski definition) is 9. The molecule has 9 N–H and O–H groups in total. The normalized spacial score (nSPS) is 38.4. The van der Waals surface area contributed by atoms with Gasteiger partial charge in [0.15, 0.2) is 12.5 Å². The minimum Gasteiger partial charge on any atom is -0.394 e. The second-order valence-corrected chi connectivity index (χ2v) is 10.7. The molecule has 1 aromatic rings. The molecule has 2 aliphatic rings. The van der Waals surface area contributed by atoms with E-state index in [-0.39, 0.29) is 0 Å². The van der Waals surface area contributed by atoms with Gasteiger partial charge in [-0.2, -0.15) is 4.31 Å². The molecule has 19 nitrogen and oxygen atoms in total. The maximum Gasteiger partial charge on any atom is 0.483 e. The third-order valence-corrected chi connectivity index (χ3v) is 7.76. The molecule has 0 saturated carbocycles. The summed E-state index contributed by atoms with van der Waals surface area (Å²) in [6.45, 7) is -1.93. The van der Waals surface area contributed by atoms with Gasteiger partial charge in [-0.05, 0) is 0 Å². The number of rotatable bonds is 9. The van der Waals surface area contributed by atoms with Crippen molar-refractivity contribution in [3.8, 4) is 0 Å². The molecule has 206 valence electrons. The molecule has 21 heteroatoms. The van der Waals surface area contributed by atoms with Crippen molar-refractivity contribution in [1.29, 1.82) is 0 Å². The summed E-state index contributed by atoms with van der Waals surface area (Å²) in [7, 11) is -11.1. The lowest BCUT2D eigenvalue weighted by Gasteiger charge is -2.39. The zero-order valence-corrected chi connectivity index (χ0v) is 19.6. The fourth-order valence-electron chi connectivity index (χ4n) is 3.35. The van der Waals surface area contributed by atoms with Crippen LogP contribution in [0, 0.1) is 0 Å². The quantitative estimate of drug-likeness (QED) is 0.127. The monoisotopic (exact) mass is 566 g/mol. The highest BCUT2D eigenvalue weighted by atomic mass is 31.3. The third-order valence-electron chi connectivity index (χ3n) is 5.16. The molecule has 0 aliphatic carbocycles. The minimum atomic E-state index is -5.59. The average molecular weight is 566 g/mol. The van der Waals surface area contributed by atoms with Gasteiger partial charge >= 0.3 is 21.3 Å². The van der Waals surface area contributed by atoms with Crippen molar-refractivity contribution < 1.29 is 72.4 Å². The molecule has 36 heavy (non-hydrogen) atoms. The maximum atomic E-state index is 12.2. The van der Waals surface area contributed by atoms with Crippen LogP contribution >= 0.6 is 15.6 Å². The molecular formula is C15H24N2O17P2. The van der Waals surface area contributed by atoms with Gasteiger partial charge in [-0.15, -0.1) is 0 Å². The number of nitrogens with zero attached hydrogens (tertiary/aromatic N) is 1. The molecule has 5 unspecified atom stereocenters. The van der Waals surface area contributed by atoms with E-state index in [1.54, 1.807) is 0 Å². The zero-order chi connectivity index (χ0) is 27.0. The lowest BCUT2D eigenvalue weighted by Crippen LogP contribution is -2.58. The standard InChI is InChI=1S/C15H24N2O17P2/c18-3-5-8(20)10(22)12(24)14(32-5)33-36(28,29)34-35(26,27)30-4-6-9(21)11(23)13(31-6)17-2-1-7(19)16-15(17)25/h1-2,5-6,8-14,18,20-24H,3-4H2,(H,26,27)(H,28,29)(H,16,19,25)/t5?,6-,8+,9+,10+,11?,12?,13-,14-/m1/s1. The average Bonchev–Trinajstić information content (AvgIpc) is 3.06. The van der Waals surface area contributed by atoms with E-state index in [2.05, 4.69) is 13.4 Å². The van der Waals surface area contributed by atoms with E-state index in [1.807, 2.05) is 4.98 Å². The van der Waals surface area contributed by atoms with Crippen LogP contribution in [0.5, 0.6) is 0 Å². The van der Waals surface area contributed by atoms with Crippen LogP contribution in [-0.4, -0.2) is 112 Å². The van der Waals surface area contributed by atoms with Crippen molar-refractivity contribution in [3.05, 3.63) is 33.1 Å². The van der Waals surface area contributed by atoms with Gasteiger partial charge in [0.05, 0.1) is 13.2 Å². The van der Waals surface area contributed by atoms with Crippen molar-refractivity contribution in [1.82, 2.24) is 9.55 Å². The Labute approximate surface area is 199 Å². The molecule has 2 fully saturated rings. The van der Waals surface area contributed by atoms with Gasteiger partial charge in [0.2, 0.25) is 0 Å². The van der Waals surface area contributed by atoms with Gasteiger partial charge in [-0.1, -0.05) is 0 Å². The number of ether oxygens (including phenoxy) is 2. The first-order valence-corrected chi connectivity index (χ1v) is 13.0. The van der Waals surface area contributed by atoms with Gasteiger partial charge in [0.25, 0.3) is 5.56 Å². The predicted octanol–water partition coefficient (Wildman–Crippen LogP) is -4.79. The minimum absolute atomic E-state index is 0.723. The van der Waals surface area contributed by atoms with Crippen molar-refractivity contribution in [2.75, 3.05) is 13.2 Å². The van der Waals surface area contributed by atoms with Crippen LogP contribution in [0.25, 0.3) is 0 Å². The molecule has 0 radical (unpaired) electrons. The molecule has 0 bridgehead atoms. The summed E-state index contributed by atoms with van der Waals surface area (Å²) < 4.78 is 48.1. The van der Waals surface area contributed by atoms with Crippen molar-refractivity contribution >= 4 is 15.6 Å². The third kappa shape index (κ3) is 6.54. The molecular weight excluding hydrogens is 542 g/mol. The van der Waals surface area contributed by atoms with Gasteiger partial charge in [-0.3, -0.25) is 23.4 Å². The molecule has 1 aromatic heterocycles. The fraction of sp³-hybridized carbons (Fsp3) is 0.733. The number of aliphatic hydroxyl groups excluding tert-OH is 6. The predicted molar refractivity (Wildman–Crippen MR) is 109 cm³/mol. The summed E-state index contributed by atoms with van der Waals surface area (Å²) in [4.78, 5) is 44.5. The first kappa shape index (κ1) is 29.2. The van der Waals surface area contributed by atoms with Crippen LogP contribution in [0.3, 0.4) is 0 Å². The Bertz CT molecular complexity index is 1120.